The summed E-state index contributed by atoms with van der Waals surface area (Å²) in [6.45, 7) is 2.03. The lowest BCUT2D eigenvalue weighted by Crippen LogP contribution is -2.14. The lowest BCUT2D eigenvalue weighted by molar-refractivity contribution is 0.656. The Kier molecular flexibility index (Phi) is 5.30. The Hall–Kier alpha value is -0.250. The second-order valence-corrected chi connectivity index (χ2v) is 4.83. The third-order valence-electron chi connectivity index (χ3n) is 1.75. The summed E-state index contributed by atoms with van der Waals surface area (Å²) in [5.74, 6) is 1.07. The number of nitrogens with zero attached hydrogens (tertiary/aromatic N) is 1. The molecule has 0 bridgehead atoms. The van der Waals surface area contributed by atoms with Crippen LogP contribution in [0.2, 0.25) is 5.02 Å². The summed E-state index contributed by atoms with van der Waals surface area (Å²) in [7, 11) is 0. The van der Waals surface area contributed by atoms with Gasteiger partial charge in [-0.1, -0.05) is 11.6 Å². The first kappa shape index (κ1) is 11.8. The van der Waals surface area contributed by atoms with Crippen molar-refractivity contribution >= 4 is 23.4 Å². The molecule has 2 N–H and O–H groups in total. The predicted octanol–water partition coefficient (Wildman–Crippen LogP) is 2.95. The van der Waals surface area contributed by atoms with E-state index in [1.165, 1.54) is 0 Å². The minimum atomic E-state index is 0.300. The van der Waals surface area contributed by atoms with Gasteiger partial charge in [-0.2, -0.15) is 0 Å². The molecule has 0 aliphatic heterocycles. The first-order valence-electron chi connectivity index (χ1n) is 4.68. The Bertz CT molecular complexity index is 261. The largest absolute Gasteiger partial charge is 0.328 e. The number of nitrogens with two attached hydrogens (primary N) is 1. The predicted molar refractivity (Wildman–Crippen MR) is 62.9 cm³/mol. The lowest BCUT2D eigenvalue weighted by atomic mass is 10.2. The molecule has 0 saturated carbocycles. The molecule has 1 aromatic rings. The molecule has 78 valence electrons. The fraction of sp³-hybridized carbons (Fsp3) is 0.500. The maximum Gasteiger partial charge on any atom is 0.0960 e. The van der Waals surface area contributed by atoms with Crippen LogP contribution in [0, 0.1) is 0 Å². The van der Waals surface area contributed by atoms with Crippen molar-refractivity contribution in [1.29, 1.82) is 0 Å². The minimum Gasteiger partial charge on any atom is -0.328 e. The van der Waals surface area contributed by atoms with Crippen LogP contribution in [0.4, 0.5) is 0 Å². The van der Waals surface area contributed by atoms with Gasteiger partial charge in [0.2, 0.25) is 0 Å². The van der Waals surface area contributed by atoms with Crippen LogP contribution < -0.4 is 5.73 Å². The summed E-state index contributed by atoms with van der Waals surface area (Å²) in [6.07, 6.45) is 3.88. The van der Waals surface area contributed by atoms with E-state index >= 15 is 0 Å². The maximum atomic E-state index is 5.73. The first-order chi connectivity index (χ1) is 6.68. The fourth-order valence-corrected chi connectivity index (χ4v) is 1.95. The van der Waals surface area contributed by atoms with Crippen molar-refractivity contribution in [3.05, 3.63) is 23.4 Å². The highest BCUT2D eigenvalue weighted by atomic mass is 35.5. The second kappa shape index (κ2) is 6.27. The molecule has 1 rings (SSSR count). The Morgan fingerprint density at radius 3 is 2.93 bits per heavy atom. The zero-order valence-corrected chi connectivity index (χ0v) is 9.81. The van der Waals surface area contributed by atoms with Crippen molar-refractivity contribution in [2.75, 3.05) is 5.75 Å². The molecule has 0 aromatic carbocycles. The SMILES string of the molecule is CC(N)CCCSc1ccc(Cl)cn1. The molecule has 0 aliphatic rings. The van der Waals surface area contributed by atoms with Gasteiger partial charge in [0.25, 0.3) is 0 Å². The van der Waals surface area contributed by atoms with Crippen LogP contribution in [-0.2, 0) is 0 Å². The number of thioether (sulfide) groups is 1. The van der Waals surface area contributed by atoms with Gasteiger partial charge >= 0.3 is 0 Å². The maximum absolute atomic E-state index is 5.73. The van der Waals surface area contributed by atoms with Crippen LogP contribution in [-0.4, -0.2) is 16.8 Å². The van der Waals surface area contributed by atoms with Gasteiger partial charge in [-0.3, -0.25) is 0 Å². The number of hydrogen-bond acceptors (Lipinski definition) is 3. The third-order valence-corrected chi connectivity index (χ3v) is 3.01. The molecule has 0 amide bonds. The highest BCUT2D eigenvalue weighted by molar-refractivity contribution is 7.99. The van der Waals surface area contributed by atoms with Crippen LogP contribution in [0.3, 0.4) is 0 Å². The monoisotopic (exact) mass is 230 g/mol. The zero-order chi connectivity index (χ0) is 10.4. The van der Waals surface area contributed by atoms with Gasteiger partial charge in [0.15, 0.2) is 0 Å². The Labute approximate surface area is 94.2 Å². The first-order valence-corrected chi connectivity index (χ1v) is 6.05. The molecule has 0 aliphatic carbocycles. The lowest BCUT2D eigenvalue weighted by Gasteiger charge is -2.03. The van der Waals surface area contributed by atoms with Crippen LogP contribution >= 0.6 is 23.4 Å². The number of rotatable bonds is 5. The van der Waals surface area contributed by atoms with E-state index in [2.05, 4.69) is 4.98 Å². The molecule has 2 nitrogen and oxygen atoms in total. The third kappa shape index (κ3) is 4.84. The molecule has 1 atom stereocenters. The Morgan fingerprint density at radius 1 is 1.57 bits per heavy atom. The quantitative estimate of drug-likeness (QED) is 0.625. The molecule has 4 heteroatoms. The zero-order valence-electron chi connectivity index (χ0n) is 8.24. The average molecular weight is 231 g/mol. The van der Waals surface area contributed by atoms with E-state index in [1.54, 1.807) is 18.0 Å². The Morgan fingerprint density at radius 2 is 2.36 bits per heavy atom. The molecule has 0 spiro atoms. The van der Waals surface area contributed by atoms with Crippen molar-refractivity contribution in [3.63, 3.8) is 0 Å². The van der Waals surface area contributed by atoms with Crippen LogP contribution in [0.5, 0.6) is 0 Å². The molecular formula is C10H15ClN2S. The highest BCUT2D eigenvalue weighted by Gasteiger charge is 1.97. The van der Waals surface area contributed by atoms with E-state index in [9.17, 15) is 0 Å². The molecule has 14 heavy (non-hydrogen) atoms. The van der Waals surface area contributed by atoms with Crippen LogP contribution in [0.15, 0.2) is 23.4 Å². The van der Waals surface area contributed by atoms with E-state index < -0.39 is 0 Å². The molecule has 0 radical (unpaired) electrons. The average Bonchev–Trinajstić information content (AvgIpc) is 2.15. The standard InChI is InChI=1S/C10H15ClN2S/c1-8(12)3-2-6-14-10-5-4-9(11)7-13-10/h4-5,7-8H,2-3,6,12H2,1H3. The fourth-order valence-electron chi connectivity index (χ4n) is 1.03. The van der Waals surface area contributed by atoms with Crippen molar-refractivity contribution in [2.24, 2.45) is 5.73 Å². The Balaban J connectivity index is 2.21. The van der Waals surface area contributed by atoms with Crippen molar-refractivity contribution in [2.45, 2.75) is 30.8 Å². The van der Waals surface area contributed by atoms with E-state index in [0.717, 1.165) is 23.6 Å². The summed E-state index contributed by atoms with van der Waals surface area (Å²) >= 11 is 7.47. The number of pyridine rings is 1. The van der Waals surface area contributed by atoms with Gasteiger partial charge in [-0.15, -0.1) is 11.8 Å². The normalized spacial score (nSPS) is 12.8. The molecule has 1 aromatic heterocycles. The number of aromatic nitrogens is 1. The number of halogens is 1. The highest BCUT2D eigenvalue weighted by Crippen LogP contribution is 2.18. The van der Waals surface area contributed by atoms with Crippen LogP contribution in [0.1, 0.15) is 19.8 Å². The molecular weight excluding hydrogens is 216 g/mol. The van der Waals surface area contributed by atoms with Crippen LogP contribution in [0.25, 0.3) is 0 Å². The van der Waals surface area contributed by atoms with Crippen molar-refractivity contribution < 1.29 is 0 Å². The van der Waals surface area contributed by atoms with Gasteiger partial charge in [-0.25, -0.2) is 4.98 Å². The molecule has 0 fully saturated rings. The number of hydrogen-bond donors (Lipinski definition) is 1. The van der Waals surface area contributed by atoms with Gasteiger partial charge in [0.05, 0.1) is 10.0 Å². The summed E-state index contributed by atoms with van der Waals surface area (Å²) in [6, 6.07) is 4.11. The van der Waals surface area contributed by atoms with Gasteiger partial charge in [0, 0.05) is 12.2 Å². The molecule has 1 heterocycles. The summed E-state index contributed by atoms with van der Waals surface area (Å²) in [5.41, 5.74) is 5.65. The summed E-state index contributed by atoms with van der Waals surface area (Å²) < 4.78 is 0. The topological polar surface area (TPSA) is 38.9 Å². The summed E-state index contributed by atoms with van der Waals surface area (Å²) in [5, 5.41) is 1.71. The van der Waals surface area contributed by atoms with Gasteiger partial charge in [0.1, 0.15) is 0 Å². The second-order valence-electron chi connectivity index (χ2n) is 3.28. The minimum absolute atomic E-state index is 0.300. The van der Waals surface area contributed by atoms with Gasteiger partial charge in [-0.05, 0) is 37.7 Å². The molecule has 1 unspecified atom stereocenters. The van der Waals surface area contributed by atoms with Crippen molar-refractivity contribution in [1.82, 2.24) is 4.98 Å². The smallest absolute Gasteiger partial charge is 0.0960 e. The summed E-state index contributed by atoms with van der Waals surface area (Å²) in [4.78, 5) is 4.19. The van der Waals surface area contributed by atoms with Crippen molar-refractivity contribution in [3.8, 4) is 0 Å². The molecule has 0 saturated heterocycles. The van der Waals surface area contributed by atoms with Gasteiger partial charge < -0.3 is 5.73 Å². The van der Waals surface area contributed by atoms with E-state index in [-0.39, 0.29) is 0 Å². The van der Waals surface area contributed by atoms with E-state index in [4.69, 9.17) is 17.3 Å². The van der Waals surface area contributed by atoms with E-state index in [0.29, 0.717) is 11.1 Å². The van der Waals surface area contributed by atoms with E-state index in [1.807, 2.05) is 19.1 Å².